The Morgan fingerprint density at radius 1 is 1.24 bits per heavy atom. The molecule has 0 bridgehead atoms. The third-order valence-corrected chi connectivity index (χ3v) is 4.07. The average molecular weight is 354 g/mol. The maximum atomic E-state index is 12.0. The van der Waals surface area contributed by atoms with Crippen molar-refractivity contribution >= 4 is 11.9 Å². The quantitative estimate of drug-likeness (QED) is 0.182. The first-order valence-electron chi connectivity index (χ1n) is 9.17. The first kappa shape index (κ1) is 23.4. The zero-order chi connectivity index (χ0) is 19.3. The molecule has 0 aromatic rings. The molecule has 0 saturated carbocycles. The smallest absolute Gasteiger partial charge is 0.361 e. The molecule has 0 saturated heterocycles. The van der Waals surface area contributed by atoms with Crippen molar-refractivity contribution in [3.8, 4) is 0 Å². The SMILES string of the molecule is C=CC(=O)NCCC[N+](C)(C)CC(=O)OCCC(C)CCC=C(C)C. The summed E-state index contributed by atoms with van der Waals surface area (Å²) < 4.78 is 5.94. The lowest BCUT2D eigenvalue weighted by Crippen LogP contribution is -2.46. The Morgan fingerprint density at radius 3 is 2.52 bits per heavy atom. The number of amides is 1. The number of esters is 1. The lowest BCUT2D eigenvalue weighted by molar-refractivity contribution is -0.883. The third kappa shape index (κ3) is 14.4. The highest BCUT2D eigenvalue weighted by atomic mass is 16.5. The molecule has 5 nitrogen and oxygen atoms in total. The molecule has 0 aliphatic heterocycles. The molecule has 0 aromatic heterocycles. The maximum absolute atomic E-state index is 12.0. The highest BCUT2D eigenvalue weighted by molar-refractivity contribution is 5.86. The number of carbonyl (C=O) groups is 2. The number of quaternary nitrogens is 1. The molecule has 1 unspecified atom stereocenters. The number of hydrogen-bond acceptors (Lipinski definition) is 3. The largest absolute Gasteiger partial charge is 0.462 e. The number of ether oxygens (including phenoxy) is 1. The normalized spacial score (nSPS) is 12.2. The van der Waals surface area contributed by atoms with Crippen molar-refractivity contribution in [1.82, 2.24) is 5.32 Å². The van der Waals surface area contributed by atoms with Gasteiger partial charge >= 0.3 is 5.97 Å². The van der Waals surface area contributed by atoms with E-state index in [0.29, 0.717) is 30.1 Å². The fourth-order valence-corrected chi connectivity index (χ4v) is 2.44. The molecule has 5 heteroatoms. The highest BCUT2D eigenvalue weighted by Crippen LogP contribution is 2.12. The van der Waals surface area contributed by atoms with Crippen LogP contribution in [0.1, 0.15) is 46.5 Å². The van der Waals surface area contributed by atoms with E-state index in [1.54, 1.807) is 0 Å². The van der Waals surface area contributed by atoms with E-state index in [1.807, 2.05) is 14.1 Å². The average Bonchev–Trinajstić information content (AvgIpc) is 2.50. The van der Waals surface area contributed by atoms with Crippen LogP contribution in [-0.4, -0.2) is 56.7 Å². The Bertz CT molecular complexity index is 452. The molecule has 0 radical (unpaired) electrons. The standard InChI is InChI=1S/C20H36N2O3/c1-7-19(23)21-13-9-14-22(5,6)16-20(24)25-15-12-18(4)11-8-10-17(2)3/h7,10,18H,1,8-9,11-16H2,2-6H3/p+1. The lowest BCUT2D eigenvalue weighted by atomic mass is 10.0. The van der Waals surface area contributed by atoms with Crippen LogP contribution in [-0.2, 0) is 14.3 Å². The minimum Gasteiger partial charge on any atom is -0.462 e. The summed E-state index contributed by atoms with van der Waals surface area (Å²) in [6.45, 7) is 12.1. The number of nitrogens with one attached hydrogen (secondary N) is 1. The Balaban J connectivity index is 3.89. The Labute approximate surface area is 153 Å². The summed E-state index contributed by atoms with van der Waals surface area (Å²) in [6, 6.07) is 0. The van der Waals surface area contributed by atoms with Crippen molar-refractivity contribution < 1.29 is 18.8 Å². The van der Waals surface area contributed by atoms with Crippen LogP contribution >= 0.6 is 0 Å². The molecule has 0 fully saturated rings. The monoisotopic (exact) mass is 353 g/mol. The highest BCUT2D eigenvalue weighted by Gasteiger charge is 2.20. The zero-order valence-electron chi connectivity index (χ0n) is 16.8. The van der Waals surface area contributed by atoms with Crippen molar-refractivity contribution in [1.29, 1.82) is 0 Å². The second kappa shape index (κ2) is 12.7. The number of carbonyl (C=O) groups excluding carboxylic acids is 2. The van der Waals surface area contributed by atoms with Crippen molar-refractivity contribution in [3.05, 3.63) is 24.3 Å². The van der Waals surface area contributed by atoms with Gasteiger partial charge in [0.15, 0.2) is 6.54 Å². The van der Waals surface area contributed by atoms with Gasteiger partial charge in [0.1, 0.15) is 0 Å². The topological polar surface area (TPSA) is 55.4 Å². The second-order valence-corrected chi connectivity index (χ2v) is 7.64. The molecule has 25 heavy (non-hydrogen) atoms. The Morgan fingerprint density at radius 2 is 1.92 bits per heavy atom. The third-order valence-electron chi connectivity index (χ3n) is 4.07. The van der Waals surface area contributed by atoms with E-state index in [1.165, 1.54) is 11.6 Å². The summed E-state index contributed by atoms with van der Waals surface area (Å²) in [5.41, 5.74) is 1.35. The van der Waals surface area contributed by atoms with Gasteiger partial charge in [0, 0.05) is 13.0 Å². The molecule has 1 amide bonds. The molecule has 0 aromatic carbocycles. The van der Waals surface area contributed by atoms with Crippen LogP contribution < -0.4 is 5.32 Å². The van der Waals surface area contributed by atoms with Crippen LogP contribution in [0.25, 0.3) is 0 Å². The van der Waals surface area contributed by atoms with Crippen LogP contribution in [0.15, 0.2) is 24.3 Å². The van der Waals surface area contributed by atoms with Gasteiger partial charge in [-0.05, 0) is 45.1 Å². The molecule has 0 aliphatic carbocycles. The predicted molar refractivity (Wildman–Crippen MR) is 103 cm³/mol. The van der Waals surface area contributed by atoms with E-state index in [-0.39, 0.29) is 11.9 Å². The molecule has 0 rings (SSSR count). The van der Waals surface area contributed by atoms with Gasteiger partial charge in [0.2, 0.25) is 5.91 Å². The molecule has 1 N–H and O–H groups in total. The number of rotatable bonds is 13. The summed E-state index contributed by atoms with van der Waals surface area (Å²) in [5.74, 6) is 0.236. The fourth-order valence-electron chi connectivity index (χ4n) is 2.44. The van der Waals surface area contributed by atoms with Crippen LogP contribution in [0.4, 0.5) is 0 Å². The van der Waals surface area contributed by atoms with Gasteiger partial charge in [-0.15, -0.1) is 0 Å². The van der Waals surface area contributed by atoms with E-state index in [9.17, 15) is 9.59 Å². The van der Waals surface area contributed by atoms with Gasteiger partial charge in [0.05, 0.1) is 27.2 Å². The summed E-state index contributed by atoms with van der Waals surface area (Å²) in [5, 5.41) is 2.74. The summed E-state index contributed by atoms with van der Waals surface area (Å²) >= 11 is 0. The molecule has 144 valence electrons. The molecular formula is C20H37N2O3+. The Hall–Kier alpha value is -1.62. The van der Waals surface area contributed by atoms with Crippen LogP contribution in [0, 0.1) is 5.92 Å². The molecular weight excluding hydrogens is 316 g/mol. The van der Waals surface area contributed by atoms with Crippen LogP contribution in [0.3, 0.4) is 0 Å². The van der Waals surface area contributed by atoms with Crippen molar-refractivity contribution in [2.75, 3.05) is 40.3 Å². The van der Waals surface area contributed by atoms with E-state index in [2.05, 4.69) is 38.7 Å². The summed E-state index contributed by atoms with van der Waals surface area (Å²) in [4.78, 5) is 23.1. The van der Waals surface area contributed by atoms with E-state index >= 15 is 0 Å². The molecule has 0 spiro atoms. The first-order valence-corrected chi connectivity index (χ1v) is 9.17. The molecule has 1 atom stereocenters. The van der Waals surface area contributed by atoms with Crippen LogP contribution in [0.2, 0.25) is 0 Å². The number of likely N-dealkylation sites (N-methyl/N-ethyl adjacent to an activating group) is 1. The van der Waals surface area contributed by atoms with Crippen molar-refractivity contribution in [2.24, 2.45) is 5.92 Å². The lowest BCUT2D eigenvalue weighted by Gasteiger charge is -2.28. The minimum absolute atomic E-state index is 0.156. The minimum atomic E-state index is -0.163. The molecule has 0 heterocycles. The fraction of sp³-hybridized carbons (Fsp3) is 0.700. The van der Waals surface area contributed by atoms with Gasteiger partial charge in [-0.1, -0.05) is 25.2 Å². The van der Waals surface area contributed by atoms with Gasteiger partial charge in [-0.2, -0.15) is 0 Å². The zero-order valence-corrected chi connectivity index (χ0v) is 16.8. The van der Waals surface area contributed by atoms with E-state index < -0.39 is 0 Å². The first-order chi connectivity index (χ1) is 11.7. The van der Waals surface area contributed by atoms with E-state index in [4.69, 9.17) is 4.74 Å². The summed E-state index contributed by atoms with van der Waals surface area (Å²) in [6.07, 6.45) is 7.44. The predicted octanol–water partition coefficient (Wildman–Crippen LogP) is 3.07. The van der Waals surface area contributed by atoms with Crippen molar-refractivity contribution in [3.63, 3.8) is 0 Å². The number of allylic oxidation sites excluding steroid dienone is 2. The van der Waals surface area contributed by atoms with Gasteiger partial charge in [-0.25, -0.2) is 4.79 Å². The van der Waals surface area contributed by atoms with Gasteiger partial charge in [-0.3, -0.25) is 4.79 Å². The summed E-state index contributed by atoms with van der Waals surface area (Å²) in [7, 11) is 4.00. The second-order valence-electron chi connectivity index (χ2n) is 7.64. The van der Waals surface area contributed by atoms with Crippen molar-refractivity contribution in [2.45, 2.75) is 46.5 Å². The maximum Gasteiger partial charge on any atom is 0.361 e. The molecule has 0 aliphatic rings. The number of hydrogen-bond donors (Lipinski definition) is 1. The van der Waals surface area contributed by atoms with E-state index in [0.717, 1.165) is 32.2 Å². The number of nitrogens with zero attached hydrogens (tertiary/aromatic N) is 1. The van der Waals surface area contributed by atoms with Crippen LogP contribution in [0.5, 0.6) is 0 Å². The Kier molecular flexibility index (Phi) is 11.9. The van der Waals surface area contributed by atoms with Gasteiger partial charge in [0.25, 0.3) is 0 Å². The van der Waals surface area contributed by atoms with Gasteiger partial charge < -0.3 is 14.5 Å².